The predicted molar refractivity (Wildman–Crippen MR) is 99.4 cm³/mol. The molecule has 0 amide bonds. The van der Waals surface area contributed by atoms with Gasteiger partial charge in [0.05, 0.1) is 11.5 Å². The molecule has 0 bridgehead atoms. The number of hydrogen-bond donors (Lipinski definition) is 0. The molecule has 0 unspecified atom stereocenters. The number of nitrogens with zero attached hydrogens (tertiary/aromatic N) is 3. The number of rotatable bonds is 4. The van der Waals surface area contributed by atoms with Crippen molar-refractivity contribution in [3.05, 3.63) is 71.6 Å². The lowest BCUT2D eigenvalue weighted by atomic mass is 10.2. The van der Waals surface area contributed by atoms with Crippen LogP contribution < -0.4 is 0 Å². The van der Waals surface area contributed by atoms with Crippen LogP contribution in [0.25, 0.3) is 17.1 Å². The van der Waals surface area contributed by atoms with Crippen molar-refractivity contribution in [2.24, 2.45) is 0 Å². The summed E-state index contributed by atoms with van der Waals surface area (Å²) in [6.07, 6.45) is 1.76. The van der Waals surface area contributed by atoms with Crippen LogP contribution in [0.1, 0.15) is 0 Å². The Labute approximate surface area is 150 Å². The molecule has 1 aliphatic heterocycles. The summed E-state index contributed by atoms with van der Waals surface area (Å²) in [5, 5.41) is 9.34. The molecule has 0 fully saturated rings. The third kappa shape index (κ3) is 3.38. The van der Waals surface area contributed by atoms with Crippen LogP contribution in [-0.4, -0.2) is 34.7 Å². The summed E-state index contributed by atoms with van der Waals surface area (Å²) >= 11 is 1.36. The SMILES string of the molecule is O=S1(=O)CC=C(Sc2nnc(-c3ccccc3)n2-c2ccccc2)C1. The standard InChI is InChI=1S/C18H15N3O2S2/c22-25(23)12-11-16(13-25)24-18-20-19-17(14-7-3-1-4-8-14)21(18)15-9-5-2-6-10-15/h1-11H,12-13H2. The lowest BCUT2D eigenvalue weighted by Gasteiger charge is -2.10. The van der Waals surface area contributed by atoms with Crippen LogP contribution in [0.5, 0.6) is 0 Å². The Morgan fingerprint density at radius 2 is 1.60 bits per heavy atom. The van der Waals surface area contributed by atoms with E-state index in [2.05, 4.69) is 10.2 Å². The molecular weight excluding hydrogens is 354 g/mol. The average Bonchev–Trinajstić information content (AvgIpc) is 3.19. The van der Waals surface area contributed by atoms with E-state index in [1.807, 2.05) is 65.2 Å². The maximum Gasteiger partial charge on any atom is 0.200 e. The van der Waals surface area contributed by atoms with Crippen molar-refractivity contribution < 1.29 is 8.42 Å². The summed E-state index contributed by atoms with van der Waals surface area (Å²) in [4.78, 5) is 0.796. The number of aromatic nitrogens is 3. The summed E-state index contributed by atoms with van der Waals surface area (Å²) in [5.74, 6) is 0.899. The van der Waals surface area contributed by atoms with Crippen LogP contribution in [0.15, 0.2) is 76.8 Å². The summed E-state index contributed by atoms with van der Waals surface area (Å²) in [5.41, 5.74) is 1.90. The predicted octanol–water partition coefficient (Wildman–Crippen LogP) is 3.34. The highest BCUT2D eigenvalue weighted by molar-refractivity contribution is 8.04. The van der Waals surface area contributed by atoms with E-state index in [4.69, 9.17) is 0 Å². The van der Waals surface area contributed by atoms with E-state index in [1.165, 1.54) is 11.8 Å². The molecule has 0 aliphatic carbocycles. The average molecular weight is 369 g/mol. The Kier molecular flexibility index (Phi) is 4.19. The minimum atomic E-state index is -3.01. The van der Waals surface area contributed by atoms with Crippen molar-refractivity contribution in [1.82, 2.24) is 14.8 Å². The highest BCUT2D eigenvalue weighted by atomic mass is 32.2. The van der Waals surface area contributed by atoms with Crippen LogP contribution in [0.4, 0.5) is 0 Å². The van der Waals surface area contributed by atoms with Crippen LogP contribution in [-0.2, 0) is 9.84 Å². The summed E-state index contributed by atoms with van der Waals surface area (Å²) in [6, 6.07) is 19.7. The summed E-state index contributed by atoms with van der Waals surface area (Å²) < 4.78 is 25.4. The van der Waals surface area contributed by atoms with E-state index in [0.717, 1.165) is 22.0 Å². The molecule has 1 aromatic heterocycles. The number of benzene rings is 2. The Balaban J connectivity index is 1.79. The molecule has 126 valence electrons. The zero-order chi connectivity index (χ0) is 17.3. The molecule has 7 heteroatoms. The molecule has 2 aromatic carbocycles. The topological polar surface area (TPSA) is 64.8 Å². The van der Waals surface area contributed by atoms with Gasteiger partial charge in [-0.3, -0.25) is 4.57 Å². The van der Waals surface area contributed by atoms with Gasteiger partial charge in [0.2, 0.25) is 5.16 Å². The van der Waals surface area contributed by atoms with E-state index in [1.54, 1.807) is 6.08 Å². The highest BCUT2D eigenvalue weighted by Crippen LogP contribution is 2.34. The first-order valence-corrected chi connectivity index (χ1v) is 10.4. The first-order chi connectivity index (χ1) is 12.1. The van der Waals surface area contributed by atoms with Crippen LogP contribution >= 0.6 is 11.8 Å². The second kappa shape index (κ2) is 6.50. The molecule has 2 heterocycles. The molecular formula is C18H15N3O2S2. The van der Waals surface area contributed by atoms with E-state index in [-0.39, 0.29) is 11.5 Å². The molecule has 4 rings (SSSR count). The molecule has 0 N–H and O–H groups in total. The van der Waals surface area contributed by atoms with E-state index in [9.17, 15) is 8.42 Å². The molecule has 0 spiro atoms. The molecule has 0 radical (unpaired) electrons. The van der Waals surface area contributed by atoms with Crippen molar-refractivity contribution in [2.45, 2.75) is 5.16 Å². The molecule has 0 saturated carbocycles. The largest absolute Gasteiger partial charge is 0.270 e. The van der Waals surface area contributed by atoms with Gasteiger partial charge in [-0.15, -0.1) is 10.2 Å². The van der Waals surface area contributed by atoms with Crippen molar-refractivity contribution >= 4 is 21.6 Å². The van der Waals surface area contributed by atoms with Crippen LogP contribution in [0.3, 0.4) is 0 Å². The molecule has 3 aromatic rings. The first-order valence-electron chi connectivity index (χ1n) is 7.76. The molecule has 25 heavy (non-hydrogen) atoms. The van der Waals surface area contributed by atoms with Gasteiger partial charge in [-0.1, -0.05) is 66.4 Å². The number of para-hydroxylation sites is 1. The molecule has 0 saturated heterocycles. The maximum atomic E-state index is 11.7. The quantitative estimate of drug-likeness (QED) is 0.706. The Hall–Kier alpha value is -2.38. The summed E-state index contributed by atoms with van der Waals surface area (Å²) in [7, 11) is -3.01. The molecule has 1 aliphatic rings. The Morgan fingerprint density at radius 1 is 0.920 bits per heavy atom. The van der Waals surface area contributed by atoms with E-state index in [0.29, 0.717) is 5.16 Å². The van der Waals surface area contributed by atoms with Gasteiger partial charge in [0.25, 0.3) is 0 Å². The third-order valence-corrected chi connectivity index (χ3v) is 6.46. The van der Waals surface area contributed by atoms with Crippen LogP contribution in [0.2, 0.25) is 0 Å². The molecule has 5 nitrogen and oxygen atoms in total. The lowest BCUT2D eigenvalue weighted by molar-refractivity contribution is 0.603. The van der Waals surface area contributed by atoms with Gasteiger partial charge in [-0.2, -0.15) is 0 Å². The number of sulfone groups is 1. The highest BCUT2D eigenvalue weighted by Gasteiger charge is 2.24. The van der Waals surface area contributed by atoms with Gasteiger partial charge in [0, 0.05) is 16.2 Å². The smallest absolute Gasteiger partial charge is 0.200 e. The second-order valence-corrected chi connectivity index (χ2v) is 8.87. The first kappa shape index (κ1) is 16.1. The van der Waals surface area contributed by atoms with Gasteiger partial charge in [-0.05, 0) is 12.1 Å². The number of thioether (sulfide) groups is 1. The van der Waals surface area contributed by atoms with E-state index < -0.39 is 9.84 Å². The van der Waals surface area contributed by atoms with E-state index >= 15 is 0 Å². The Bertz CT molecular complexity index is 1030. The zero-order valence-electron chi connectivity index (χ0n) is 13.2. The zero-order valence-corrected chi connectivity index (χ0v) is 14.9. The van der Waals surface area contributed by atoms with Crippen molar-refractivity contribution in [2.75, 3.05) is 11.5 Å². The van der Waals surface area contributed by atoms with Gasteiger partial charge in [-0.25, -0.2) is 8.42 Å². The van der Waals surface area contributed by atoms with Gasteiger partial charge >= 0.3 is 0 Å². The fourth-order valence-corrected chi connectivity index (χ4v) is 5.43. The number of hydrogen-bond acceptors (Lipinski definition) is 5. The normalized spacial score (nSPS) is 15.9. The molecule has 0 atom stereocenters. The van der Waals surface area contributed by atoms with Crippen molar-refractivity contribution in [3.63, 3.8) is 0 Å². The fraction of sp³-hybridized carbons (Fsp3) is 0.111. The minimum absolute atomic E-state index is 0.0694. The van der Waals surface area contributed by atoms with Gasteiger partial charge < -0.3 is 0 Å². The third-order valence-electron chi connectivity index (χ3n) is 3.83. The van der Waals surface area contributed by atoms with Crippen molar-refractivity contribution in [3.8, 4) is 17.1 Å². The van der Waals surface area contributed by atoms with Gasteiger partial charge in [0.15, 0.2) is 15.7 Å². The van der Waals surface area contributed by atoms with Crippen LogP contribution in [0, 0.1) is 0 Å². The Morgan fingerprint density at radius 3 is 2.24 bits per heavy atom. The van der Waals surface area contributed by atoms with Crippen molar-refractivity contribution in [1.29, 1.82) is 0 Å². The monoisotopic (exact) mass is 369 g/mol. The lowest BCUT2D eigenvalue weighted by Crippen LogP contribution is -2.03. The minimum Gasteiger partial charge on any atom is -0.270 e. The second-order valence-electron chi connectivity index (χ2n) is 5.67. The fourth-order valence-electron chi connectivity index (χ4n) is 2.66. The summed E-state index contributed by atoms with van der Waals surface area (Å²) in [6.45, 7) is 0. The maximum absolute atomic E-state index is 11.7. The van der Waals surface area contributed by atoms with Gasteiger partial charge in [0.1, 0.15) is 0 Å².